The van der Waals surface area contributed by atoms with Crippen LogP contribution in [0.2, 0.25) is 0 Å². The van der Waals surface area contributed by atoms with Crippen molar-refractivity contribution in [3.8, 4) is 0 Å². The summed E-state index contributed by atoms with van der Waals surface area (Å²) in [6, 6.07) is 5.23. The van der Waals surface area contributed by atoms with Crippen LogP contribution in [-0.2, 0) is 15.8 Å². The van der Waals surface area contributed by atoms with E-state index in [9.17, 15) is 22.8 Å². The molecule has 0 radical (unpaired) electrons. The average molecular weight is 371 g/mol. The third-order valence-corrected chi connectivity index (χ3v) is 5.05. The average Bonchev–Trinajstić information content (AvgIpc) is 2.61. The summed E-state index contributed by atoms with van der Waals surface area (Å²) in [6.45, 7) is 2.17. The predicted octanol–water partition coefficient (Wildman–Crippen LogP) is 4.21. The molecular weight excluding hydrogens is 347 g/mol. The number of carbonyl (C=O) groups is 2. The Morgan fingerprint density at radius 3 is 2.62 bits per heavy atom. The second-order valence-electron chi connectivity index (χ2n) is 7.00. The molecule has 0 aromatic heterocycles. The van der Waals surface area contributed by atoms with Gasteiger partial charge in [0, 0.05) is 12.5 Å². The van der Waals surface area contributed by atoms with Gasteiger partial charge in [-0.15, -0.1) is 0 Å². The Kier molecular flexibility index (Phi) is 6.67. The first-order valence-electron chi connectivity index (χ1n) is 8.86. The molecule has 1 aromatic rings. The molecule has 0 spiro atoms. The minimum atomic E-state index is -4.37. The maximum Gasteiger partial charge on any atom is 0.416 e. The molecule has 0 bridgehead atoms. The van der Waals surface area contributed by atoms with Gasteiger partial charge in [-0.25, -0.2) is 0 Å². The van der Waals surface area contributed by atoms with Gasteiger partial charge in [-0.3, -0.25) is 9.59 Å². The van der Waals surface area contributed by atoms with Crippen molar-refractivity contribution < 1.29 is 27.9 Å². The minimum Gasteiger partial charge on any atom is -0.481 e. The number of amides is 1. The fourth-order valence-corrected chi connectivity index (χ4v) is 3.40. The molecule has 144 valence electrons. The van der Waals surface area contributed by atoms with Gasteiger partial charge in [0.25, 0.3) is 0 Å². The van der Waals surface area contributed by atoms with Gasteiger partial charge in [0.2, 0.25) is 5.91 Å². The minimum absolute atomic E-state index is 0.129. The largest absolute Gasteiger partial charge is 0.481 e. The number of aliphatic carboxylic acids is 1. The molecule has 1 aliphatic rings. The number of hydrogen-bond donors (Lipinski definition) is 2. The molecule has 1 amide bonds. The normalized spacial score (nSPS) is 21.8. The van der Waals surface area contributed by atoms with Crippen molar-refractivity contribution in [1.29, 1.82) is 0 Å². The van der Waals surface area contributed by atoms with E-state index in [-0.39, 0.29) is 17.7 Å². The number of carbonyl (C=O) groups excluding carboxylic acids is 1. The van der Waals surface area contributed by atoms with Crippen LogP contribution in [0.1, 0.15) is 56.1 Å². The third-order valence-electron chi connectivity index (χ3n) is 5.05. The van der Waals surface area contributed by atoms with Crippen LogP contribution in [-0.4, -0.2) is 23.5 Å². The summed E-state index contributed by atoms with van der Waals surface area (Å²) in [6.07, 6.45) is -1.50. The highest BCUT2D eigenvalue weighted by Crippen LogP contribution is 2.32. The first-order chi connectivity index (χ1) is 12.2. The Morgan fingerprint density at radius 2 is 1.96 bits per heavy atom. The van der Waals surface area contributed by atoms with Crippen LogP contribution in [0.5, 0.6) is 0 Å². The van der Waals surface area contributed by atoms with E-state index in [0.717, 1.165) is 18.6 Å². The molecule has 4 nitrogen and oxygen atoms in total. The molecule has 1 aliphatic carbocycles. The van der Waals surface area contributed by atoms with Crippen LogP contribution in [0.15, 0.2) is 24.3 Å². The molecule has 1 aromatic carbocycles. The number of carboxylic acids is 1. The maximum absolute atomic E-state index is 12.8. The first-order valence-corrected chi connectivity index (χ1v) is 8.86. The van der Waals surface area contributed by atoms with Crippen molar-refractivity contribution in [2.45, 2.75) is 51.1 Å². The van der Waals surface area contributed by atoms with E-state index >= 15 is 0 Å². The number of hydrogen-bond acceptors (Lipinski definition) is 2. The number of alkyl halides is 3. The lowest BCUT2D eigenvalue weighted by molar-refractivity contribution is -0.144. The molecule has 1 saturated carbocycles. The summed E-state index contributed by atoms with van der Waals surface area (Å²) >= 11 is 0. The number of nitrogens with one attached hydrogen (secondary N) is 1. The molecule has 26 heavy (non-hydrogen) atoms. The zero-order valence-corrected chi connectivity index (χ0v) is 14.7. The number of halogens is 3. The van der Waals surface area contributed by atoms with E-state index in [0.29, 0.717) is 37.8 Å². The highest BCUT2D eigenvalue weighted by molar-refractivity contribution is 5.80. The standard InChI is InChI=1S/C19H24F3NO3/c1-12(13-4-3-7-16(11-13)19(20,21)22)8-9-23-17(24)14-5-2-6-15(10-14)18(25)26/h3-4,7,11-12,14-15H,2,5-6,8-10H2,1H3,(H,23,24)(H,25,26). The van der Waals surface area contributed by atoms with E-state index in [1.165, 1.54) is 6.07 Å². The highest BCUT2D eigenvalue weighted by Gasteiger charge is 2.31. The van der Waals surface area contributed by atoms with Crippen molar-refractivity contribution >= 4 is 11.9 Å². The van der Waals surface area contributed by atoms with E-state index < -0.39 is 23.6 Å². The molecular formula is C19H24F3NO3. The quantitative estimate of drug-likeness (QED) is 0.787. The summed E-state index contributed by atoms with van der Waals surface area (Å²) in [4.78, 5) is 23.3. The van der Waals surface area contributed by atoms with Gasteiger partial charge in [0.05, 0.1) is 11.5 Å². The Morgan fingerprint density at radius 1 is 1.27 bits per heavy atom. The fourth-order valence-electron chi connectivity index (χ4n) is 3.40. The van der Waals surface area contributed by atoms with Gasteiger partial charge >= 0.3 is 12.1 Å². The molecule has 0 saturated heterocycles. The first kappa shape index (κ1) is 20.3. The van der Waals surface area contributed by atoms with Crippen LogP contribution in [0.4, 0.5) is 13.2 Å². The monoisotopic (exact) mass is 371 g/mol. The fraction of sp³-hybridized carbons (Fsp3) is 0.579. The van der Waals surface area contributed by atoms with Gasteiger partial charge in [-0.1, -0.05) is 31.5 Å². The predicted molar refractivity (Wildman–Crippen MR) is 90.6 cm³/mol. The van der Waals surface area contributed by atoms with Gasteiger partial charge in [0.1, 0.15) is 0 Å². The van der Waals surface area contributed by atoms with Crippen molar-refractivity contribution in [2.24, 2.45) is 11.8 Å². The van der Waals surface area contributed by atoms with Crippen molar-refractivity contribution in [1.82, 2.24) is 5.32 Å². The number of benzene rings is 1. The van der Waals surface area contributed by atoms with Crippen molar-refractivity contribution in [3.05, 3.63) is 35.4 Å². The summed E-state index contributed by atoms with van der Waals surface area (Å²) in [5.74, 6) is -1.92. The zero-order chi connectivity index (χ0) is 19.3. The van der Waals surface area contributed by atoms with Crippen LogP contribution < -0.4 is 5.32 Å². The van der Waals surface area contributed by atoms with Crippen LogP contribution >= 0.6 is 0 Å². The molecule has 7 heteroatoms. The molecule has 2 rings (SSSR count). The smallest absolute Gasteiger partial charge is 0.416 e. The van der Waals surface area contributed by atoms with Gasteiger partial charge < -0.3 is 10.4 Å². The molecule has 0 heterocycles. The van der Waals surface area contributed by atoms with E-state index in [2.05, 4.69) is 5.32 Å². The van der Waals surface area contributed by atoms with E-state index in [1.54, 1.807) is 6.07 Å². The summed E-state index contributed by atoms with van der Waals surface area (Å²) in [5.41, 5.74) is -0.0921. The molecule has 0 aliphatic heterocycles. The van der Waals surface area contributed by atoms with Gasteiger partial charge in [-0.05, 0) is 43.2 Å². The lowest BCUT2D eigenvalue weighted by atomic mass is 9.81. The second kappa shape index (κ2) is 8.56. The summed E-state index contributed by atoms with van der Waals surface area (Å²) < 4.78 is 38.4. The zero-order valence-electron chi connectivity index (χ0n) is 14.7. The lowest BCUT2D eigenvalue weighted by Crippen LogP contribution is -2.36. The maximum atomic E-state index is 12.8. The van der Waals surface area contributed by atoms with Gasteiger partial charge in [0.15, 0.2) is 0 Å². The van der Waals surface area contributed by atoms with E-state index in [4.69, 9.17) is 5.11 Å². The topological polar surface area (TPSA) is 66.4 Å². The Bertz CT molecular complexity index is 645. The van der Waals surface area contributed by atoms with Gasteiger partial charge in [-0.2, -0.15) is 13.2 Å². The lowest BCUT2D eigenvalue weighted by Gasteiger charge is -2.26. The molecule has 3 atom stereocenters. The van der Waals surface area contributed by atoms with Crippen molar-refractivity contribution in [3.63, 3.8) is 0 Å². The molecule has 1 fully saturated rings. The SMILES string of the molecule is CC(CCNC(=O)C1CCCC(C(=O)O)C1)c1cccc(C(F)(F)F)c1. The summed E-state index contributed by atoms with van der Waals surface area (Å²) in [7, 11) is 0. The summed E-state index contributed by atoms with van der Waals surface area (Å²) in [5, 5.41) is 11.9. The van der Waals surface area contributed by atoms with Crippen molar-refractivity contribution in [2.75, 3.05) is 6.54 Å². The Balaban J connectivity index is 1.83. The third kappa shape index (κ3) is 5.47. The van der Waals surface area contributed by atoms with Crippen LogP contribution in [0.3, 0.4) is 0 Å². The number of carboxylic acid groups (broad SMARTS) is 1. The second-order valence-corrected chi connectivity index (χ2v) is 7.00. The van der Waals surface area contributed by atoms with Crippen LogP contribution in [0, 0.1) is 11.8 Å². The highest BCUT2D eigenvalue weighted by atomic mass is 19.4. The van der Waals surface area contributed by atoms with E-state index in [1.807, 2.05) is 6.92 Å². The number of rotatable bonds is 6. The molecule has 3 unspecified atom stereocenters. The Labute approximate surface area is 150 Å². The Hall–Kier alpha value is -2.05. The molecule has 2 N–H and O–H groups in total. The van der Waals surface area contributed by atoms with Crippen LogP contribution in [0.25, 0.3) is 0 Å².